The molecule has 0 unspecified atom stereocenters. The highest BCUT2D eigenvalue weighted by Crippen LogP contribution is 2.19. The van der Waals surface area contributed by atoms with E-state index >= 15 is 0 Å². The van der Waals surface area contributed by atoms with Crippen LogP contribution in [0, 0.1) is 0 Å². The molecule has 1 aliphatic rings. The second-order valence-electron chi connectivity index (χ2n) is 9.20. The zero-order chi connectivity index (χ0) is 24.7. The summed E-state index contributed by atoms with van der Waals surface area (Å²) in [5, 5.41) is 3.32. The molecular weight excluding hydrogens is 450 g/mol. The van der Waals surface area contributed by atoms with Crippen molar-refractivity contribution < 1.29 is 0 Å². The Morgan fingerprint density at radius 3 is 2.17 bits per heavy atom. The monoisotopic (exact) mass is 481 g/mol. The number of aromatic nitrogens is 5. The zero-order valence-corrected chi connectivity index (χ0v) is 20.7. The van der Waals surface area contributed by atoms with Crippen molar-refractivity contribution in [1.82, 2.24) is 29.8 Å². The Bertz CT molecular complexity index is 1250. The number of benzene rings is 2. The summed E-state index contributed by atoms with van der Waals surface area (Å²) >= 11 is 0. The van der Waals surface area contributed by atoms with E-state index in [9.17, 15) is 0 Å². The second kappa shape index (κ2) is 11.1. The number of hydrogen-bond donors (Lipinski definition) is 1. The smallest absolute Gasteiger partial charge is 0.231 e. The molecule has 36 heavy (non-hydrogen) atoms. The molecule has 0 spiro atoms. The van der Waals surface area contributed by atoms with Crippen LogP contribution >= 0.6 is 0 Å². The summed E-state index contributed by atoms with van der Waals surface area (Å²) in [5.41, 5.74) is 4.56. The predicted octanol–water partition coefficient (Wildman–Crippen LogP) is 3.38. The molecule has 4 aromatic rings. The Hall–Kier alpha value is -4.11. The highest BCUT2D eigenvalue weighted by atomic mass is 15.4. The Labute approximate surface area is 211 Å². The number of nitrogens with zero attached hydrogens (tertiary/aromatic N) is 8. The van der Waals surface area contributed by atoms with Crippen LogP contribution in [0.1, 0.15) is 16.7 Å². The van der Waals surface area contributed by atoms with Crippen molar-refractivity contribution in [3.63, 3.8) is 0 Å². The fourth-order valence-corrected chi connectivity index (χ4v) is 4.28. The van der Waals surface area contributed by atoms with E-state index in [1.165, 1.54) is 11.1 Å². The van der Waals surface area contributed by atoms with Gasteiger partial charge in [0.1, 0.15) is 6.33 Å². The van der Waals surface area contributed by atoms with Crippen molar-refractivity contribution in [3.05, 3.63) is 90.0 Å². The molecule has 9 nitrogen and oxygen atoms in total. The third-order valence-corrected chi connectivity index (χ3v) is 6.03. The van der Waals surface area contributed by atoms with Crippen LogP contribution in [0.3, 0.4) is 0 Å². The minimum Gasteiger partial charge on any atom is -0.337 e. The van der Waals surface area contributed by atoms with Gasteiger partial charge in [0.15, 0.2) is 0 Å². The second-order valence-corrected chi connectivity index (χ2v) is 9.20. The van der Waals surface area contributed by atoms with Gasteiger partial charge in [-0.25, -0.2) is 19.9 Å². The molecule has 0 saturated carbocycles. The predicted molar refractivity (Wildman–Crippen MR) is 143 cm³/mol. The Morgan fingerprint density at radius 1 is 0.750 bits per heavy atom. The number of rotatable bonds is 8. The van der Waals surface area contributed by atoms with Gasteiger partial charge < -0.3 is 20.0 Å². The number of anilines is 4. The first-order valence-corrected chi connectivity index (χ1v) is 12.2. The molecule has 0 atom stereocenters. The van der Waals surface area contributed by atoms with Crippen molar-refractivity contribution in [1.29, 1.82) is 0 Å². The van der Waals surface area contributed by atoms with Gasteiger partial charge in [-0.1, -0.05) is 42.5 Å². The Morgan fingerprint density at radius 2 is 1.44 bits per heavy atom. The van der Waals surface area contributed by atoms with Gasteiger partial charge in [-0.2, -0.15) is 4.98 Å². The molecule has 1 aliphatic heterocycles. The first kappa shape index (κ1) is 23.6. The maximum Gasteiger partial charge on any atom is 0.231 e. The molecule has 0 bridgehead atoms. The number of hydrogen-bond acceptors (Lipinski definition) is 9. The van der Waals surface area contributed by atoms with Crippen LogP contribution in [0.5, 0.6) is 0 Å². The van der Waals surface area contributed by atoms with Gasteiger partial charge in [-0.05, 0) is 42.9 Å². The van der Waals surface area contributed by atoms with Crippen molar-refractivity contribution in [2.75, 3.05) is 55.4 Å². The molecule has 2 aromatic carbocycles. The molecule has 5 rings (SSSR count). The normalized spacial score (nSPS) is 13.8. The summed E-state index contributed by atoms with van der Waals surface area (Å²) < 4.78 is 0. The minimum absolute atomic E-state index is 0.543. The average molecular weight is 482 g/mol. The van der Waals surface area contributed by atoms with E-state index in [1.807, 2.05) is 30.6 Å². The van der Waals surface area contributed by atoms with Gasteiger partial charge in [-0.15, -0.1) is 0 Å². The minimum atomic E-state index is 0.543. The van der Waals surface area contributed by atoms with E-state index in [0.29, 0.717) is 11.9 Å². The highest BCUT2D eigenvalue weighted by Gasteiger charge is 2.21. The summed E-state index contributed by atoms with van der Waals surface area (Å²) in [6.07, 6.45) is 6.26. The third kappa shape index (κ3) is 6.11. The standard InChI is InChI=1S/C27H31N9/c1-34(2)19-22-9-6-10-24(16-22)32-25-30-20-31-27(33-25)36-13-11-35(12-14-36)26-28-17-23(18-29-26)15-21-7-4-3-5-8-21/h3-10,16-18,20H,11-15,19H2,1-2H3,(H,30,31,32,33). The molecule has 9 heteroatoms. The lowest BCUT2D eigenvalue weighted by Gasteiger charge is -2.34. The quantitative estimate of drug-likeness (QED) is 0.407. The van der Waals surface area contributed by atoms with Crippen molar-refractivity contribution in [3.8, 4) is 0 Å². The van der Waals surface area contributed by atoms with E-state index in [2.05, 4.69) is 95.4 Å². The van der Waals surface area contributed by atoms with Gasteiger partial charge in [0.05, 0.1) is 0 Å². The molecule has 0 radical (unpaired) electrons. The van der Waals surface area contributed by atoms with E-state index in [-0.39, 0.29) is 0 Å². The van der Waals surface area contributed by atoms with Crippen LogP contribution in [0.2, 0.25) is 0 Å². The van der Waals surface area contributed by atoms with Crippen LogP contribution in [0.25, 0.3) is 0 Å². The molecular formula is C27H31N9. The SMILES string of the molecule is CN(C)Cc1cccc(Nc2ncnc(N3CCN(c4ncc(Cc5ccccc5)cn4)CC3)n2)c1. The third-order valence-electron chi connectivity index (χ3n) is 6.03. The molecule has 0 amide bonds. The summed E-state index contributed by atoms with van der Waals surface area (Å²) in [6.45, 7) is 4.06. The van der Waals surface area contributed by atoms with E-state index in [0.717, 1.165) is 56.3 Å². The summed E-state index contributed by atoms with van der Waals surface area (Å²) in [6, 6.07) is 18.7. The van der Waals surface area contributed by atoms with E-state index < -0.39 is 0 Å². The first-order valence-electron chi connectivity index (χ1n) is 12.2. The van der Waals surface area contributed by atoms with Crippen LogP contribution < -0.4 is 15.1 Å². The molecule has 2 aromatic heterocycles. The van der Waals surface area contributed by atoms with Crippen molar-refractivity contribution in [2.24, 2.45) is 0 Å². The van der Waals surface area contributed by atoms with Crippen LogP contribution in [0.15, 0.2) is 73.3 Å². The van der Waals surface area contributed by atoms with Crippen molar-refractivity contribution in [2.45, 2.75) is 13.0 Å². The summed E-state index contributed by atoms with van der Waals surface area (Å²) in [5.74, 6) is 1.99. The largest absolute Gasteiger partial charge is 0.337 e. The molecule has 1 fully saturated rings. The summed E-state index contributed by atoms with van der Waals surface area (Å²) in [7, 11) is 4.12. The lowest BCUT2D eigenvalue weighted by molar-refractivity contribution is 0.402. The molecule has 184 valence electrons. The molecule has 1 saturated heterocycles. The van der Waals surface area contributed by atoms with Crippen LogP contribution in [-0.4, -0.2) is 70.1 Å². The molecule has 1 N–H and O–H groups in total. The first-order chi connectivity index (χ1) is 17.6. The van der Waals surface area contributed by atoms with E-state index in [4.69, 9.17) is 0 Å². The van der Waals surface area contributed by atoms with Crippen LogP contribution in [0.4, 0.5) is 23.5 Å². The fourth-order valence-electron chi connectivity index (χ4n) is 4.28. The van der Waals surface area contributed by atoms with Crippen LogP contribution in [-0.2, 0) is 13.0 Å². The van der Waals surface area contributed by atoms with Gasteiger partial charge >= 0.3 is 0 Å². The number of nitrogens with one attached hydrogen (secondary N) is 1. The lowest BCUT2D eigenvalue weighted by atomic mass is 10.1. The topological polar surface area (TPSA) is 86.2 Å². The Balaban J connectivity index is 1.18. The number of piperazine rings is 1. The maximum absolute atomic E-state index is 4.66. The Kier molecular flexibility index (Phi) is 7.28. The highest BCUT2D eigenvalue weighted by molar-refractivity contribution is 5.55. The van der Waals surface area contributed by atoms with Gasteiger partial charge in [0.25, 0.3) is 0 Å². The average Bonchev–Trinajstić information content (AvgIpc) is 2.90. The lowest BCUT2D eigenvalue weighted by Crippen LogP contribution is -2.47. The van der Waals surface area contributed by atoms with Gasteiger partial charge in [0, 0.05) is 57.2 Å². The maximum atomic E-state index is 4.66. The zero-order valence-electron chi connectivity index (χ0n) is 20.7. The molecule has 0 aliphatic carbocycles. The van der Waals surface area contributed by atoms with Crippen molar-refractivity contribution >= 4 is 23.5 Å². The summed E-state index contributed by atoms with van der Waals surface area (Å²) in [4.78, 5) is 29.2. The van der Waals surface area contributed by atoms with Gasteiger partial charge in [-0.3, -0.25) is 0 Å². The fraction of sp³-hybridized carbons (Fsp3) is 0.296. The van der Waals surface area contributed by atoms with E-state index in [1.54, 1.807) is 6.33 Å². The van der Waals surface area contributed by atoms with Gasteiger partial charge in [0.2, 0.25) is 17.8 Å². The molecule has 3 heterocycles.